The zero-order valence-electron chi connectivity index (χ0n) is 12.0. The molecular formula is C14H27CuN5. The largest absolute Gasteiger partial charge is 2.00 e. The Morgan fingerprint density at radius 1 is 1.20 bits per heavy atom. The van der Waals surface area contributed by atoms with Crippen LogP contribution in [0.1, 0.15) is 19.3 Å². The smallest absolute Gasteiger partial charge is 0.686 e. The summed E-state index contributed by atoms with van der Waals surface area (Å²) in [6.45, 7) is 5.01. The van der Waals surface area contributed by atoms with Crippen molar-refractivity contribution in [1.82, 2.24) is 5.32 Å². The van der Waals surface area contributed by atoms with Crippen LogP contribution in [0.4, 0.5) is 0 Å². The van der Waals surface area contributed by atoms with Gasteiger partial charge >= 0.3 is 17.1 Å². The van der Waals surface area contributed by atoms with Crippen LogP contribution in [0.25, 0.3) is 10.6 Å². The first-order valence-electron chi connectivity index (χ1n) is 7.20. The van der Waals surface area contributed by atoms with E-state index in [2.05, 4.69) is 34.2 Å². The first-order valence-corrected chi connectivity index (χ1v) is 7.20. The van der Waals surface area contributed by atoms with Crippen LogP contribution in [-0.4, -0.2) is 45.3 Å². The van der Waals surface area contributed by atoms with Gasteiger partial charge in [-0.05, 0) is 0 Å². The van der Waals surface area contributed by atoms with Gasteiger partial charge in [0.1, 0.15) is 0 Å². The fourth-order valence-electron chi connectivity index (χ4n) is 2.01. The molecule has 0 aromatic rings. The van der Waals surface area contributed by atoms with Crippen LogP contribution < -0.4 is 16.8 Å². The van der Waals surface area contributed by atoms with Gasteiger partial charge in [-0.25, -0.2) is 0 Å². The molecule has 1 radical (unpaired) electrons. The third kappa shape index (κ3) is 8.74. The zero-order chi connectivity index (χ0) is 13.8. The molecule has 0 bridgehead atoms. The Morgan fingerprint density at radius 3 is 2.45 bits per heavy atom. The molecule has 5 nitrogen and oxygen atoms in total. The molecule has 0 aromatic heterocycles. The molecule has 2 heterocycles. The van der Waals surface area contributed by atoms with E-state index in [1.807, 2.05) is 0 Å². The maximum atomic E-state index is 5.17. The van der Waals surface area contributed by atoms with E-state index >= 15 is 0 Å². The van der Waals surface area contributed by atoms with Crippen LogP contribution in [0, 0.1) is 0 Å². The van der Waals surface area contributed by atoms with Gasteiger partial charge in [0, 0.05) is 26.2 Å². The average Bonchev–Trinajstić information content (AvgIpc) is 2.50. The number of rotatable bonds is 5. The predicted molar refractivity (Wildman–Crippen MR) is 82.3 cm³/mol. The van der Waals surface area contributed by atoms with Gasteiger partial charge in [0.2, 0.25) is 0 Å². The van der Waals surface area contributed by atoms with Gasteiger partial charge in [-0.1, -0.05) is 31.4 Å². The second kappa shape index (κ2) is 13.6. The van der Waals surface area contributed by atoms with E-state index < -0.39 is 0 Å². The quantitative estimate of drug-likeness (QED) is 0.523. The standard InChI is InChI=1S/C10H14N2.C4H13N3.Cu/c1-3-7-11-9(5-1)10-6-2-4-8-12-10;5-1-3-7-4-2-6;/h1,3,5,10H,2,4,6-8H2;7H,1-6H2;/q-2;;+2. The van der Waals surface area contributed by atoms with Crippen LogP contribution >= 0.6 is 0 Å². The Morgan fingerprint density at radius 2 is 1.95 bits per heavy atom. The van der Waals surface area contributed by atoms with E-state index in [0.717, 1.165) is 26.2 Å². The van der Waals surface area contributed by atoms with Crippen molar-refractivity contribution in [1.29, 1.82) is 0 Å². The molecule has 6 heteroatoms. The molecule has 2 rings (SSSR count). The average molecular weight is 329 g/mol. The molecule has 1 saturated heterocycles. The molecule has 0 saturated carbocycles. The van der Waals surface area contributed by atoms with Crippen LogP contribution in [0.5, 0.6) is 0 Å². The van der Waals surface area contributed by atoms with E-state index in [4.69, 9.17) is 11.5 Å². The van der Waals surface area contributed by atoms with Crippen molar-refractivity contribution in [3.05, 3.63) is 34.6 Å². The van der Waals surface area contributed by atoms with Crippen molar-refractivity contribution in [2.45, 2.75) is 25.3 Å². The SMILES string of the molecule is C1=CC[N-]C(C2CCCC[N-]2)=C1.NCCNCCN.[Cu+2]. The van der Waals surface area contributed by atoms with Gasteiger partial charge in [-0.2, -0.15) is 5.70 Å². The van der Waals surface area contributed by atoms with Crippen molar-refractivity contribution in [2.24, 2.45) is 11.5 Å². The number of piperidine rings is 1. The number of nitrogens with one attached hydrogen (secondary N) is 1. The normalized spacial score (nSPS) is 20.9. The van der Waals surface area contributed by atoms with E-state index in [1.165, 1.54) is 25.0 Å². The second-order valence-corrected chi connectivity index (χ2v) is 4.61. The zero-order valence-corrected chi connectivity index (χ0v) is 13.0. The molecule has 0 spiro atoms. The van der Waals surface area contributed by atoms with Gasteiger partial charge in [0.15, 0.2) is 0 Å². The minimum Gasteiger partial charge on any atom is -0.686 e. The maximum Gasteiger partial charge on any atom is 2.00 e. The monoisotopic (exact) mass is 328 g/mol. The third-order valence-corrected chi connectivity index (χ3v) is 3.00. The van der Waals surface area contributed by atoms with Crippen LogP contribution in [-0.2, 0) is 17.1 Å². The van der Waals surface area contributed by atoms with E-state index in [1.54, 1.807) is 0 Å². The number of hydrogen-bond acceptors (Lipinski definition) is 3. The summed E-state index contributed by atoms with van der Waals surface area (Å²) >= 11 is 0. The molecule has 119 valence electrons. The van der Waals surface area contributed by atoms with Gasteiger partial charge in [0.25, 0.3) is 0 Å². The minimum atomic E-state index is 0. The summed E-state index contributed by atoms with van der Waals surface area (Å²) in [6, 6.07) is 0.406. The van der Waals surface area contributed by atoms with Gasteiger partial charge in [-0.3, -0.25) is 0 Å². The molecular weight excluding hydrogens is 302 g/mol. The number of nitrogens with two attached hydrogens (primary N) is 2. The maximum absolute atomic E-state index is 5.17. The summed E-state index contributed by atoms with van der Waals surface area (Å²) in [6.07, 6.45) is 10.0. The molecule has 2 aliphatic heterocycles. The van der Waals surface area contributed by atoms with Crippen molar-refractivity contribution in [3.63, 3.8) is 0 Å². The molecule has 1 atom stereocenters. The fraction of sp³-hybridized carbons (Fsp3) is 0.714. The molecule has 20 heavy (non-hydrogen) atoms. The summed E-state index contributed by atoms with van der Waals surface area (Å²) in [5, 5.41) is 12.0. The van der Waals surface area contributed by atoms with Crippen molar-refractivity contribution >= 4 is 0 Å². The second-order valence-electron chi connectivity index (χ2n) is 4.61. The first kappa shape index (κ1) is 19.6. The van der Waals surface area contributed by atoms with Crippen molar-refractivity contribution in [3.8, 4) is 0 Å². The fourth-order valence-corrected chi connectivity index (χ4v) is 2.01. The minimum absolute atomic E-state index is 0. The summed E-state index contributed by atoms with van der Waals surface area (Å²) in [5.41, 5.74) is 11.5. The Kier molecular flexibility index (Phi) is 13.4. The molecule has 0 aromatic carbocycles. The summed E-state index contributed by atoms with van der Waals surface area (Å²) in [4.78, 5) is 0. The van der Waals surface area contributed by atoms with Gasteiger partial charge < -0.3 is 27.4 Å². The number of hydrogen-bond donors (Lipinski definition) is 3. The Bertz CT molecular complexity index is 271. The molecule has 1 unspecified atom stereocenters. The third-order valence-electron chi connectivity index (χ3n) is 3.00. The van der Waals surface area contributed by atoms with Crippen LogP contribution in [0.2, 0.25) is 0 Å². The topological polar surface area (TPSA) is 92.3 Å². The van der Waals surface area contributed by atoms with E-state index in [9.17, 15) is 0 Å². The Balaban J connectivity index is 0.000000396. The van der Waals surface area contributed by atoms with Crippen LogP contribution in [0.3, 0.4) is 0 Å². The Labute approximate surface area is 133 Å². The predicted octanol–water partition coefficient (Wildman–Crippen LogP) is 1.23. The number of nitrogens with zero attached hydrogens (tertiary/aromatic N) is 2. The summed E-state index contributed by atoms with van der Waals surface area (Å²) in [5.74, 6) is 0. The number of allylic oxidation sites excluding steroid dienone is 2. The molecule has 0 aliphatic carbocycles. The molecule has 1 fully saturated rings. The van der Waals surface area contributed by atoms with E-state index in [-0.39, 0.29) is 17.1 Å². The summed E-state index contributed by atoms with van der Waals surface area (Å²) in [7, 11) is 0. The van der Waals surface area contributed by atoms with Crippen molar-refractivity contribution < 1.29 is 17.1 Å². The Hall–Kier alpha value is -0.361. The van der Waals surface area contributed by atoms with Crippen molar-refractivity contribution in [2.75, 3.05) is 39.3 Å². The molecule has 5 N–H and O–H groups in total. The van der Waals surface area contributed by atoms with Crippen LogP contribution in [0.15, 0.2) is 23.9 Å². The molecule has 0 amide bonds. The van der Waals surface area contributed by atoms with Gasteiger partial charge in [0.05, 0.1) is 0 Å². The first-order chi connectivity index (χ1) is 9.38. The molecule has 2 aliphatic rings. The van der Waals surface area contributed by atoms with Gasteiger partial charge in [-0.15, -0.1) is 25.2 Å². The summed E-state index contributed by atoms with van der Waals surface area (Å²) < 4.78 is 0. The van der Waals surface area contributed by atoms with E-state index in [0.29, 0.717) is 19.1 Å².